The number of carbonyl (C=O) groups excluding carboxylic acids is 2. The highest BCUT2D eigenvalue weighted by Crippen LogP contribution is 2.20. The number of aromatic nitrogens is 1. The highest BCUT2D eigenvalue weighted by molar-refractivity contribution is 5.92. The van der Waals surface area contributed by atoms with Gasteiger partial charge in [0.25, 0.3) is 5.91 Å². The van der Waals surface area contributed by atoms with Crippen molar-refractivity contribution < 1.29 is 14.0 Å². The fraction of sp³-hybridized carbons (Fsp3) is 0.667. The fourth-order valence-corrected chi connectivity index (χ4v) is 3.27. The zero-order chi connectivity index (χ0) is 15.7. The van der Waals surface area contributed by atoms with Gasteiger partial charge in [0, 0.05) is 39.1 Å². The van der Waals surface area contributed by atoms with Crippen LogP contribution in [0.15, 0.2) is 4.42 Å². The number of hydrogen-bond acceptors (Lipinski definition) is 5. The van der Waals surface area contributed by atoms with Crippen molar-refractivity contribution in [2.45, 2.75) is 32.7 Å². The van der Waals surface area contributed by atoms with Crippen LogP contribution in [0.1, 0.15) is 35.0 Å². The first-order chi connectivity index (χ1) is 10.6. The van der Waals surface area contributed by atoms with Crippen molar-refractivity contribution in [2.24, 2.45) is 0 Å². The van der Waals surface area contributed by atoms with Crippen LogP contribution in [0.4, 0.5) is 0 Å². The van der Waals surface area contributed by atoms with Gasteiger partial charge in [0.1, 0.15) is 0 Å². The first-order valence-electron chi connectivity index (χ1n) is 7.79. The maximum absolute atomic E-state index is 12.6. The third kappa shape index (κ3) is 2.85. The number of carbonyl (C=O) groups is 2. The van der Waals surface area contributed by atoms with Gasteiger partial charge in [-0.1, -0.05) is 0 Å². The average molecular weight is 306 g/mol. The van der Waals surface area contributed by atoms with Gasteiger partial charge >= 0.3 is 0 Å². The molecule has 0 spiro atoms. The number of amides is 2. The molecule has 2 saturated heterocycles. The Morgan fingerprint density at radius 2 is 2.18 bits per heavy atom. The number of piperazine rings is 1. The molecule has 3 heterocycles. The molecule has 1 unspecified atom stereocenters. The molecule has 7 nitrogen and oxygen atoms in total. The summed E-state index contributed by atoms with van der Waals surface area (Å²) in [7, 11) is 0. The standard InChI is InChI=1S/C15H22N4O3/c1-10-14(22-11(2)17-10)15(21)18-6-3-4-12(9-18)19-7-5-16-8-13(19)20/h12,16H,3-9H2,1-2H3. The first kappa shape index (κ1) is 15.0. The van der Waals surface area contributed by atoms with E-state index < -0.39 is 0 Å². The Balaban J connectivity index is 1.71. The van der Waals surface area contributed by atoms with Gasteiger partial charge in [-0.15, -0.1) is 0 Å². The predicted molar refractivity (Wildman–Crippen MR) is 79.5 cm³/mol. The average Bonchev–Trinajstić information content (AvgIpc) is 2.86. The van der Waals surface area contributed by atoms with Crippen LogP contribution >= 0.6 is 0 Å². The number of piperidine rings is 1. The van der Waals surface area contributed by atoms with Crippen LogP contribution in [0.5, 0.6) is 0 Å². The molecule has 1 aromatic rings. The summed E-state index contributed by atoms with van der Waals surface area (Å²) in [6, 6.07) is 0.108. The Labute approximate surface area is 129 Å². The normalized spacial score (nSPS) is 23.0. The molecule has 0 aliphatic carbocycles. The number of hydrogen-bond donors (Lipinski definition) is 1. The van der Waals surface area contributed by atoms with Crippen LogP contribution in [0.2, 0.25) is 0 Å². The number of oxazole rings is 1. The van der Waals surface area contributed by atoms with E-state index >= 15 is 0 Å². The van der Waals surface area contributed by atoms with Crippen molar-refractivity contribution in [3.8, 4) is 0 Å². The molecule has 2 fully saturated rings. The summed E-state index contributed by atoms with van der Waals surface area (Å²) < 4.78 is 5.44. The van der Waals surface area contributed by atoms with E-state index in [0.717, 1.165) is 19.4 Å². The molecule has 0 radical (unpaired) electrons. The summed E-state index contributed by atoms with van der Waals surface area (Å²) in [5.74, 6) is 0.833. The van der Waals surface area contributed by atoms with Crippen molar-refractivity contribution in [1.29, 1.82) is 0 Å². The van der Waals surface area contributed by atoms with Crippen LogP contribution in [-0.4, -0.2) is 65.4 Å². The van der Waals surface area contributed by atoms with E-state index in [2.05, 4.69) is 10.3 Å². The largest absolute Gasteiger partial charge is 0.436 e. The third-order valence-corrected chi connectivity index (χ3v) is 4.35. The Kier molecular flexibility index (Phi) is 4.15. The van der Waals surface area contributed by atoms with Crippen LogP contribution in [0, 0.1) is 13.8 Å². The first-order valence-corrected chi connectivity index (χ1v) is 7.79. The molecule has 1 aromatic heterocycles. The number of rotatable bonds is 2. The van der Waals surface area contributed by atoms with Gasteiger partial charge in [-0.3, -0.25) is 9.59 Å². The van der Waals surface area contributed by atoms with Gasteiger partial charge in [-0.25, -0.2) is 4.98 Å². The van der Waals surface area contributed by atoms with Crippen LogP contribution in [0.25, 0.3) is 0 Å². The van der Waals surface area contributed by atoms with E-state index in [1.54, 1.807) is 18.7 Å². The molecular formula is C15H22N4O3. The molecule has 2 amide bonds. The molecule has 7 heteroatoms. The molecule has 120 valence electrons. The lowest BCUT2D eigenvalue weighted by Gasteiger charge is -2.40. The van der Waals surface area contributed by atoms with Gasteiger partial charge in [0.15, 0.2) is 5.89 Å². The summed E-state index contributed by atoms with van der Waals surface area (Å²) in [5, 5.41) is 3.08. The number of nitrogens with zero attached hydrogens (tertiary/aromatic N) is 3. The predicted octanol–water partition coefficient (Wildman–Crippen LogP) is 0.328. The maximum atomic E-state index is 12.6. The summed E-state index contributed by atoms with van der Waals surface area (Å²) in [4.78, 5) is 32.5. The molecule has 22 heavy (non-hydrogen) atoms. The van der Waals surface area contributed by atoms with Gasteiger partial charge in [0.05, 0.1) is 12.2 Å². The van der Waals surface area contributed by atoms with E-state index in [9.17, 15) is 9.59 Å². The minimum atomic E-state index is -0.120. The second-order valence-corrected chi connectivity index (χ2v) is 5.96. The molecular weight excluding hydrogens is 284 g/mol. The van der Waals surface area contributed by atoms with E-state index in [-0.39, 0.29) is 17.9 Å². The van der Waals surface area contributed by atoms with Crippen molar-refractivity contribution in [3.05, 3.63) is 17.3 Å². The minimum Gasteiger partial charge on any atom is -0.436 e. The van der Waals surface area contributed by atoms with Crippen LogP contribution in [-0.2, 0) is 4.79 Å². The van der Waals surface area contributed by atoms with Gasteiger partial charge in [0.2, 0.25) is 11.7 Å². The lowest BCUT2D eigenvalue weighted by atomic mass is 10.0. The Morgan fingerprint density at radius 3 is 2.86 bits per heavy atom. The monoisotopic (exact) mass is 306 g/mol. The molecule has 0 aromatic carbocycles. The van der Waals surface area contributed by atoms with Crippen LogP contribution in [0.3, 0.4) is 0 Å². The smallest absolute Gasteiger partial charge is 0.291 e. The zero-order valence-electron chi connectivity index (χ0n) is 13.1. The molecule has 1 atom stereocenters. The second kappa shape index (κ2) is 6.08. The van der Waals surface area contributed by atoms with E-state index in [4.69, 9.17) is 4.42 Å². The van der Waals surface area contributed by atoms with Gasteiger partial charge in [-0.2, -0.15) is 0 Å². The molecule has 0 saturated carbocycles. The van der Waals surface area contributed by atoms with Crippen molar-refractivity contribution in [3.63, 3.8) is 0 Å². The fourth-order valence-electron chi connectivity index (χ4n) is 3.27. The number of aryl methyl sites for hydroxylation is 2. The Bertz CT molecular complexity index is 583. The summed E-state index contributed by atoms with van der Waals surface area (Å²) >= 11 is 0. The minimum absolute atomic E-state index is 0.108. The summed E-state index contributed by atoms with van der Waals surface area (Å²) in [6.07, 6.45) is 1.85. The quantitative estimate of drug-likeness (QED) is 0.852. The Hall–Kier alpha value is -1.89. The number of nitrogens with one attached hydrogen (secondary N) is 1. The highest BCUT2D eigenvalue weighted by atomic mass is 16.4. The molecule has 1 N–H and O–H groups in total. The SMILES string of the molecule is Cc1nc(C)c(C(=O)N2CCCC(N3CCNCC3=O)C2)o1. The lowest BCUT2D eigenvalue weighted by Crippen LogP contribution is -2.57. The molecule has 3 rings (SSSR count). The maximum Gasteiger partial charge on any atom is 0.291 e. The van der Waals surface area contributed by atoms with Gasteiger partial charge < -0.3 is 19.5 Å². The van der Waals surface area contributed by atoms with Gasteiger partial charge in [-0.05, 0) is 19.8 Å². The Morgan fingerprint density at radius 1 is 1.36 bits per heavy atom. The summed E-state index contributed by atoms with van der Waals surface area (Å²) in [6.45, 7) is 6.72. The summed E-state index contributed by atoms with van der Waals surface area (Å²) in [5.41, 5.74) is 0.628. The third-order valence-electron chi connectivity index (χ3n) is 4.35. The molecule has 0 bridgehead atoms. The zero-order valence-corrected chi connectivity index (χ0v) is 13.1. The highest BCUT2D eigenvalue weighted by Gasteiger charge is 2.33. The second-order valence-electron chi connectivity index (χ2n) is 5.96. The van der Waals surface area contributed by atoms with Crippen molar-refractivity contribution in [2.75, 3.05) is 32.7 Å². The van der Waals surface area contributed by atoms with E-state index in [1.165, 1.54) is 0 Å². The topological polar surface area (TPSA) is 78.7 Å². The molecule has 2 aliphatic rings. The number of likely N-dealkylation sites (tertiary alicyclic amines) is 1. The lowest BCUT2D eigenvalue weighted by molar-refractivity contribution is -0.135. The van der Waals surface area contributed by atoms with Crippen molar-refractivity contribution in [1.82, 2.24) is 20.1 Å². The van der Waals surface area contributed by atoms with Crippen molar-refractivity contribution >= 4 is 11.8 Å². The van der Waals surface area contributed by atoms with E-state index in [1.807, 2.05) is 4.90 Å². The van der Waals surface area contributed by atoms with E-state index in [0.29, 0.717) is 43.5 Å². The van der Waals surface area contributed by atoms with Crippen LogP contribution < -0.4 is 5.32 Å². The molecule has 2 aliphatic heterocycles.